The molecule has 1 amide bonds. The quantitative estimate of drug-likeness (QED) is 0.0362. The molecule has 0 aromatic heterocycles. The minimum Gasteiger partial charge on any atom is -0.481 e. The fourth-order valence-electron chi connectivity index (χ4n) is 15.1. The number of hydrogen-bond acceptors (Lipinski definition) is 4. The number of amides is 1. The lowest BCUT2D eigenvalue weighted by Gasteiger charge is -2.58. The maximum absolute atomic E-state index is 13.7. The molecule has 0 spiro atoms. The van der Waals surface area contributed by atoms with Gasteiger partial charge in [-0.3, -0.25) is 9.59 Å². The average Bonchev–Trinajstić information content (AvgIpc) is 3.69. The molecule has 0 radical (unpaired) electrons. The number of fused-ring (bicyclic) bond motifs is 5. The molecule has 10 atom stereocenters. The Kier molecular flexibility index (Phi) is 29.4. The zero-order chi connectivity index (χ0) is 50.6. The lowest BCUT2D eigenvalue weighted by molar-refractivity contribution is -0.154. The van der Waals surface area contributed by atoms with Crippen LogP contribution in [-0.2, 0) is 19.1 Å². The molecular weight excluding hydrogens is 863 g/mol. The van der Waals surface area contributed by atoms with Crippen LogP contribution in [0.2, 0.25) is 0 Å². The minimum atomic E-state index is -0.958. The SMILES string of the molecule is CCCCCCCCCCCC(=O)N[C@@H](CCC(=O)O)C(=O)OC(CCCCCCCCCCC)CCCCCCCCC1CC[C@@]2(C)C(=CC[C@H]3[C@@H]4CC[C@H]([C@H](C)CCCC(C)C)[C@@]4(C)CC[C@@H]32)C1. The Balaban J connectivity index is 1.18. The highest BCUT2D eigenvalue weighted by atomic mass is 16.5. The maximum Gasteiger partial charge on any atom is 0.328 e. The van der Waals surface area contributed by atoms with Crippen LogP contribution in [0.15, 0.2) is 11.6 Å². The molecule has 70 heavy (non-hydrogen) atoms. The third-order valence-electron chi connectivity index (χ3n) is 19.5. The molecule has 6 nitrogen and oxygen atoms in total. The van der Waals surface area contributed by atoms with E-state index in [0.29, 0.717) is 17.3 Å². The largest absolute Gasteiger partial charge is 0.481 e. The van der Waals surface area contributed by atoms with Crippen molar-refractivity contribution in [3.05, 3.63) is 11.6 Å². The van der Waals surface area contributed by atoms with Gasteiger partial charge in [-0.25, -0.2) is 4.79 Å². The third kappa shape index (κ3) is 20.8. The van der Waals surface area contributed by atoms with E-state index in [1.807, 2.05) is 5.57 Å². The Bertz CT molecular complexity index is 1470. The molecule has 0 heterocycles. The van der Waals surface area contributed by atoms with E-state index in [4.69, 9.17) is 4.74 Å². The molecular formula is C64H115NO5. The van der Waals surface area contributed by atoms with Crippen LogP contribution in [0.25, 0.3) is 0 Å². The molecule has 0 aromatic rings. The molecule has 3 fully saturated rings. The number of nitrogens with one attached hydrogen (secondary N) is 1. The number of ether oxygens (including phenoxy) is 1. The monoisotopic (exact) mass is 978 g/mol. The molecule has 2 N–H and O–H groups in total. The molecule has 2 unspecified atom stereocenters. The first-order valence-corrected chi connectivity index (χ1v) is 31.2. The topological polar surface area (TPSA) is 92.7 Å². The first kappa shape index (κ1) is 60.7. The Morgan fingerprint density at radius 2 is 1.20 bits per heavy atom. The normalized spacial score (nSPS) is 26.5. The molecule has 0 aromatic carbocycles. The lowest BCUT2D eigenvalue weighted by Crippen LogP contribution is -2.50. The van der Waals surface area contributed by atoms with Gasteiger partial charge in [0, 0.05) is 12.8 Å². The van der Waals surface area contributed by atoms with Gasteiger partial charge in [-0.2, -0.15) is 0 Å². The number of unbranched alkanes of at least 4 members (excludes halogenated alkanes) is 21. The van der Waals surface area contributed by atoms with E-state index in [9.17, 15) is 19.5 Å². The number of allylic oxidation sites excluding steroid dienone is 2. The summed E-state index contributed by atoms with van der Waals surface area (Å²) < 4.78 is 6.20. The summed E-state index contributed by atoms with van der Waals surface area (Å²) in [6.45, 7) is 17.3. The Hall–Kier alpha value is -1.85. The molecule has 4 aliphatic rings. The number of carboxylic acid groups (broad SMARTS) is 1. The second-order valence-corrected chi connectivity index (χ2v) is 25.4. The highest BCUT2D eigenvalue weighted by Crippen LogP contribution is 2.67. The van der Waals surface area contributed by atoms with E-state index < -0.39 is 18.0 Å². The summed E-state index contributed by atoms with van der Waals surface area (Å²) in [4.78, 5) is 38.2. The molecule has 406 valence electrons. The summed E-state index contributed by atoms with van der Waals surface area (Å²) in [5, 5.41) is 12.4. The highest BCUT2D eigenvalue weighted by molar-refractivity contribution is 5.85. The van der Waals surface area contributed by atoms with Crippen LogP contribution in [0.5, 0.6) is 0 Å². The maximum atomic E-state index is 13.7. The molecule has 0 aliphatic heterocycles. The summed E-state index contributed by atoms with van der Waals surface area (Å²) in [5.41, 5.74) is 2.87. The standard InChI is InChI=1S/C64H115NO5/c1-8-10-12-14-16-18-20-25-29-36-54(70-62(69)59(43-44-61(67)68)65-60(66)38-31-27-21-19-17-15-13-11-9-2)37-30-26-23-22-24-28-35-52-45-47-63(6)53(49-52)39-40-55-57-42-41-56(51(5)34-32-33-50(3)4)64(57,7)48-46-58(55)63/h39,50-52,54-59H,8-38,40-49H2,1-7H3,(H,65,66)(H,67,68)/t51-,52?,54?,55+,56-,57+,58+,59+,63+,64-/m1/s1. The average molecular weight is 979 g/mol. The Labute approximate surface area is 433 Å². The van der Waals surface area contributed by atoms with Crippen LogP contribution in [-0.4, -0.2) is 35.1 Å². The van der Waals surface area contributed by atoms with Crippen molar-refractivity contribution in [2.24, 2.45) is 52.3 Å². The smallest absolute Gasteiger partial charge is 0.328 e. The van der Waals surface area contributed by atoms with Crippen molar-refractivity contribution in [3.8, 4) is 0 Å². The van der Waals surface area contributed by atoms with Crippen molar-refractivity contribution < 1.29 is 24.2 Å². The number of esters is 1. The predicted molar refractivity (Wildman–Crippen MR) is 296 cm³/mol. The van der Waals surface area contributed by atoms with Gasteiger partial charge in [-0.15, -0.1) is 0 Å². The van der Waals surface area contributed by atoms with E-state index in [2.05, 4.69) is 59.9 Å². The minimum absolute atomic E-state index is 0.0693. The van der Waals surface area contributed by atoms with Crippen LogP contribution < -0.4 is 5.32 Å². The first-order chi connectivity index (χ1) is 33.8. The fraction of sp³-hybridized carbons (Fsp3) is 0.922. The molecule has 6 heteroatoms. The first-order valence-electron chi connectivity index (χ1n) is 31.2. The van der Waals surface area contributed by atoms with Gasteiger partial charge in [-0.05, 0) is 142 Å². The number of carboxylic acids is 1. The van der Waals surface area contributed by atoms with Crippen molar-refractivity contribution in [1.82, 2.24) is 5.32 Å². The van der Waals surface area contributed by atoms with Crippen LogP contribution in [0, 0.1) is 52.3 Å². The van der Waals surface area contributed by atoms with Crippen molar-refractivity contribution in [1.29, 1.82) is 0 Å². The molecule has 3 saturated carbocycles. The summed E-state index contributed by atoms with van der Waals surface area (Å²) in [6, 6.07) is -0.904. The van der Waals surface area contributed by atoms with Crippen molar-refractivity contribution in [2.75, 3.05) is 0 Å². The van der Waals surface area contributed by atoms with Crippen molar-refractivity contribution in [2.45, 2.75) is 324 Å². The molecule has 0 bridgehead atoms. The molecule has 4 aliphatic carbocycles. The Morgan fingerprint density at radius 1 is 0.629 bits per heavy atom. The van der Waals surface area contributed by atoms with E-state index in [-0.39, 0.29) is 24.9 Å². The molecule has 0 saturated heterocycles. The van der Waals surface area contributed by atoms with Gasteiger partial charge >= 0.3 is 11.9 Å². The van der Waals surface area contributed by atoms with E-state index in [0.717, 1.165) is 99.2 Å². The van der Waals surface area contributed by atoms with Gasteiger partial charge in [0.2, 0.25) is 5.91 Å². The van der Waals surface area contributed by atoms with E-state index in [1.54, 1.807) is 0 Å². The summed E-state index contributed by atoms with van der Waals surface area (Å²) in [6.07, 6.45) is 50.8. The summed E-state index contributed by atoms with van der Waals surface area (Å²) >= 11 is 0. The van der Waals surface area contributed by atoms with E-state index >= 15 is 0 Å². The number of hydrogen-bond donors (Lipinski definition) is 2. The van der Waals surface area contributed by atoms with Crippen LogP contribution in [0.1, 0.15) is 312 Å². The second kappa shape index (κ2) is 33.9. The predicted octanol–water partition coefficient (Wildman–Crippen LogP) is 18.9. The fourth-order valence-corrected chi connectivity index (χ4v) is 15.1. The summed E-state index contributed by atoms with van der Waals surface area (Å²) in [5.74, 6) is 4.71. The van der Waals surface area contributed by atoms with Crippen LogP contribution in [0.3, 0.4) is 0 Å². The van der Waals surface area contributed by atoms with Gasteiger partial charge in [0.25, 0.3) is 0 Å². The second-order valence-electron chi connectivity index (χ2n) is 25.4. The third-order valence-corrected chi connectivity index (χ3v) is 19.5. The zero-order valence-electron chi connectivity index (χ0n) is 47.3. The number of rotatable bonds is 40. The summed E-state index contributed by atoms with van der Waals surface area (Å²) in [7, 11) is 0. The van der Waals surface area contributed by atoms with E-state index in [1.165, 1.54) is 186 Å². The van der Waals surface area contributed by atoms with Gasteiger partial charge in [0.05, 0.1) is 0 Å². The van der Waals surface area contributed by atoms with Gasteiger partial charge in [0.15, 0.2) is 0 Å². The number of carbonyl (C=O) groups is 3. The number of aliphatic carboxylic acids is 1. The van der Waals surface area contributed by atoms with Crippen molar-refractivity contribution in [3.63, 3.8) is 0 Å². The lowest BCUT2D eigenvalue weighted by atomic mass is 9.46. The Morgan fingerprint density at radius 3 is 1.79 bits per heavy atom. The van der Waals surface area contributed by atoms with Crippen molar-refractivity contribution >= 4 is 17.8 Å². The van der Waals surface area contributed by atoms with Crippen LogP contribution in [0.4, 0.5) is 0 Å². The van der Waals surface area contributed by atoms with Gasteiger partial charge < -0.3 is 15.2 Å². The number of carbonyl (C=O) groups excluding carboxylic acids is 2. The van der Waals surface area contributed by atoms with Gasteiger partial charge in [-0.1, -0.05) is 221 Å². The zero-order valence-corrected chi connectivity index (χ0v) is 47.3. The molecule has 4 rings (SSSR count). The van der Waals surface area contributed by atoms with Crippen LogP contribution >= 0.6 is 0 Å². The highest BCUT2D eigenvalue weighted by Gasteiger charge is 2.59. The van der Waals surface area contributed by atoms with Gasteiger partial charge in [0.1, 0.15) is 12.1 Å².